The fourth-order valence-corrected chi connectivity index (χ4v) is 0.932. The standard InChI is InChI=1S/C10H12N2O/c1-2-11-8-5-10(13)9-3-6-12-7-4-9/h3-4,6-8H,2,5H2,1H3. The summed E-state index contributed by atoms with van der Waals surface area (Å²) in [7, 11) is 0. The summed E-state index contributed by atoms with van der Waals surface area (Å²) in [6.07, 6.45) is 5.26. The van der Waals surface area contributed by atoms with E-state index in [0.29, 0.717) is 12.0 Å². The molecule has 0 aromatic carbocycles. The van der Waals surface area contributed by atoms with E-state index in [0.717, 1.165) is 6.54 Å². The SMILES string of the molecule is CCN=CCC(=O)c1ccncc1. The Bertz CT molecular complexity index is 293. The number of Topliss-reactive ketones (excluding diaryl/α,β-unsaturated/α-hetero) is 1. The number of ketones is 1. The molecule has 3 heteroatoms. The first kappa shape index (κ1) is 9.58. The average Bonchev–Trinajstić information content (AvgIpc) is 2.19. The van der Waals surface area contributed by atoms with Crippen LogP contribution in [0.25, 0.3) is 0 Å². The molecule has 0 aliphatic heterocycles. The van der Waals surface area contributed by atoms with Gasteiger partial charge in [0.2, 0.25) is 0 Å². The van der Waals surface area contributed by atoms with Crippen molar-refractivity contribution in [1.29, 1.82) is 0 Å². The zero-order valence-electron chi connectivity index (χ0n) is 7.60. The van der Waals surface area contributed by atoms with Gasteiger partial charge >= 0.3 is 0 Å². The van der Waals surface area contributed by atoms with E-state index >= 15 is 0 Å². The van der Waals surface area contributed by atoms with Crippen LogP contribution in [0.15, 0.2) is 29.5 Å². The third-order valence-electron chi connectivity index (χ3n) is 1.59. The van der Waals surface area contributed by atoms with Crippen LogP contribution < -0.4 is 0 Å². The molecule has 0 atom stereocenters. The van der Waals surface area contributed by atoms with Crippen molar-refractivity contribution < 1.29 is 4.79 Å². The predicted octanol–water partition coefficient (Wildman–Crippen LogP) is 1.75. The highest BCUT2D eigenvalue weighted by atomic mass is 16.1. The van der Waals surface area contributed by atoms with Crippen LogP contribution in [0.3, 0.4) is 0 Å². The zero-order valence-corrected chi connectivity index (χ0v) is 7.60. The second-order valence-electron chi connectivity index (χ2n) is 2.54. The van der Waals surface area contributed by atoms with E-state index in [1.54, 1.807) is 30.7 Å². The van der Waals surface area contributed by atoms with Gasteiger partial charge in [0.05, 0.1) is 0 Å². The Morgan fingerprint density at radius 1 is 1.54 bits per heavy atom. The van der Waals surface area contributed by atoms with E-state index in [-0.39, 0.29) is 5.78 Å². The van der Waals surface area contributed by atoms with Crippen molar-refractivity contribution in [3.05, 3.63) is 30.1 Å². The number of hydrogen-bond acceptors (Lipinski definition) is 3. The molecule has 0 radical (unpaired) electrons. The molecule has 0 saturated carbocycles. The second kappa shape index (κ2) is 5.19. The molecule has 0 fully saturated rings. The van der Waals surface area contributed by atoms with Crippen molar-refractivity contribution in [1.82, 2.24) is 4.98 Å². The summed E-state index contributed by atoms with van der Waals surface area (Å²) in [4.78, 5) is 19.2. The fraction of sp³-hybridized carbons (Fsp3) is 0.300. The van der Waals surface area contributed by atoms with Crippen LogP contribution in [0.1, 0.15) is 23.7 Å². The van der Waals surface area contributed by atoms with Gasteiger partial charge in [-0.15, -0.1) is 0 Å². The van der Waals surface area contributed by atoms with Gasteiger partial charge in [-0.05, 0) is 19.1 Å². The van der Waals surface area contributed by atoms with Gasteiger partial charge in [0.15, 0.2) is 5.78 Å². The van der Waals surface area contributed by atoms with Crippen LogP contribution in [-0.4, -0.2) is 23.5 Å². The minimum atomic E-state index is 0.0830. The maximum absolute atomic E-state index is 11.4. The van der Waals surface area contributed by atoms with Gasteiger partial charge in [0.1, 0.15) is 0 Å². The smallest absolute Gasteiger partial charge is 0.168 e. The number of pyridine rings is 1. The van der Waals surface area contributed by atoms with Gasteiger partial charge < -0.3 is 0 Å². The van der Waals surface area contributed by atoms with Crippen LogP contribution >= 0.6 is 0 Å². The lowest BCUT2D eigenvalue weighted by Crippen LogP contribution is -1.99. The summed E-state index contributed by atoms with van der Waals surface area (Å²) in [5.41, 5.74) is 0.692. The van der Waals surface area contributed by atoms with Crippen molar-refractivity contribution in [2.24, 2.45) is 4.99 Å². The van der Waals surface area contributed by atoms with E-state index in [4.69, 9.17) is 0 Å². The van der Waals surface area contributed by atoms with Crippen LogP contribution in [0, 0.1) is 0 Å². The molecule has 68 valence electrons. The number of aliphatic imine (C=N–C) groups is 1. The molecule has 0 spiro atoms. The van der Waals surface area contributed by atoms with Crippen LogP contribution in [-0.2, 0) is 0 Å². The summed E-state index contributed by atoms with van der Waals surface area (Å²) >= 11 is 0. The lowest BCUT2D eigenvalue weighted by molar-refractivity contribution is 0.100. The zero-order chi connectivity index (χ0) is 9.52. The molecule has 0 saturated heterocycles. The lowest BCUT2D eigenvalue weighted by atomic mass is 10.1. The normalized spacial score (nSPS) is 10.5. The molecule has 0 aliphatic carbocycles. The van der Waals surface area contributed by atoms with Gasteiger partial charge in [-0.3, -0.25) is 14.8 Å². The molecule has 1 rings (SSSR count). The number of nitrogens with zero attached hydrogens (tertiary/aromatic N) is 2. The molecule has 0 amide bonds. The van der Waals surface area contributed by atoms with Gasteiger partial charge in [-0.1, -0.05) is 0 Å². The largest absolute Gasteiger partial charge is 0.297 e. The summed E-state index contributed by atoms with van der Waals surface area (Å²) in [5.74, 6) is 0.0830. The Labute approximate surface area is 77.5 Å². The maximum Gasteiger partial charge on any atom is 0.168 e. The summed E-state index contributed by atoms with van der Waals surface area (Å²) in [6, 6.07) is 3.42. The first-order valence-corrected chi connectivity index (χ1v) is 4.26. The molecule has 0 aliphatic rings. The van der Waals surface area contributed by atoms with Crippen molar-refractivity contribution in [3.63, 3.8) is 0 Å². The van der Waals surface area contributed by atoms with Crippen molar-refractivity contribution in [2.45, 2.75) is 13.3 Å². The van der Waals surface area contributed by atoms with Gasteiger partial charge in [0, 0.05) is 37.1 Å². The predicted molar refractivity (Wildman–Crippen MR) is 52.2 cm³/mol. The molecule has 13 heavy (non-hydrogen) atoms. The van der Waals surface area contributed by atoms with E-state index < -0.39 is 0 Å². The molecule has 1 aromatic rings. The summed E-state index contributed by atoms with van der Waals surface area (Å²) < 4.78 is 0. The highest BCUT2D eigenvalue weighted by molar-refractivity contribution is 6.03. The Kier molecular flexibility index (Phi) is 3.82. The quantitative estimate of drug-likeness (QED) is 0.518. The highest BCUT2D eigenvalue weighted by Gasteiger charge is 2.01. The summed E-state index contributed by atoms with van der Waals surface area (Å²) in [5, 5.41) is 0. The van der Waals surface area contributed by atoms with E-state index in [9.17, 15) is 4.79 Å². The number of aromatic nitrogens is 1. The van der Waals surface area contributed by atoms with Crippen LogP contribution in [0.4, 0.5) is 0 Å². The van der Waals surface area contributed by atoms with Gasteiger partial charge in [0.25, 0.3) is 0 Å². The fourth-order valence-electron chi connectivity index (χ4n) is 0.932. The number of carbonyl (C=O) groups is 1. The molecule has 1 aromatic heterocycles. The minimum absolute atomic E-state index is 0.0830. The van der Waals surface area contributed by atoms with E-state index in [1.165, 1.54) is 0 Å². The molecule has 0 N–H and O–H groups in total. The Hall–Kier alpha value is -1.51. The van der Waals surface area contributed by atoms with Crippen molar-refractivity contribution in [3.8, 4) is 0 Å². The summed E-state index contributed by atoms with van der Waals surface area (Å²) in [6.45, 7) is 2.66. The lowest BCUT2D eigenvalue weighted by Gasteiger charge is -1.94. The van der Waals surface area contributed by atoms with Gasteiger partial charge in [-0.25, -0.2) is 0 Å². The van der Waals surface area contributed by atoms with E-state index in [2.05, 4.69) is 9.98 Å². The van der Waals surface area contributed by atoms with E-state index in [1.807, 2.05) is 6.92 Å². The van der Waals surface area contributed by atoms with Gasteiger partial charge in [-0.2, -0.15) is 0 Å². The number of rotatable bonds is 4. The molecule has 0 unspecified atom stereocenters. The van der Waals surface area contributed by atoms with Crippen molar-refractivity contribution >= 4 is 12.0 Å². The average molecular weight is 176 g/mol. The van der Waals surface area contributed by atoms with Crippen LogP contribution in [0.5, 0.6) is 0 Å². The Morgan fingerprint density at radius 2 is 2.23 bits per heavy atom. The first-order chi connectivity index (χ1) is 6.34. The Balaban J connectivity index is 2.54. The number of hydrogen-bond donors (Lipinski definition) is 0. The highest BCUT2D eigenvalue weighted by Crippen LogP contribution is 1.99. The minimum Gasteiger partial charge on any atom is -0.297 e. The molecular weight excluding hydrogens is 164 g/mol. The van der Waals surface area contributed by atoms with Crippen molar-refractivity contribution in [2.75, 3.05) is 6.54 Å². The molecular formula is C10H12N2O. The topological polar surface area (TPSA) is 42.3 Å². The maximum atomic E-state index is 11.4. The monoisotopic (exact) mass is 176 g/mol. The number of carbonyl (C=O) groups excluding carboxylic acids is 1. The Morgan fingerprint density at radius 3 is 2.85 bits per heavy atom. The second-order valence-corrected chi connectivity index (χ2v) is 2.54. The molecule has 0 bridgehead atoms. The third-order valence-corrected chi connectivity index (χ3v) is 1.59. The molecule has 1 heterocycles. The van der Waals surface area contributed by atoms with Crippen LogP contribution in [0.2, 0.25) is 0 Å². The third kappa shape index (κ3) is 3.15. The molecule has 3 nitrogen and oxygen atoms in total. The first-order valence-electron chi connectivity index (χ1n) is 4.26.